The Bertz CT molecular complexity index is 1200. The highest BCUT2D eigenvalue weighted by atomic mass is 16.5. The van der Waals surface area contributed by atoms with Crippen molar-refractivity contribution >= 4 is 11.8 Å². The number of carbonyl (C=O) groups is 2. The van der Waals surface area contributed by atoms with Crippen LogP contribution in [-0.2, 0) is 24.2 Å². The molecule has 1 aromatic heterocycles. The van der Waals surface area contributed by atoms with Crippen molar-refractivity contribution < 1.29 is 14.3 Å². The molecule has 33 heavy (non-hydrogen) atoms. The number of benzene rings is 1. The molecule has 1 aromatic carbocycles. The number of hydrogen-bond donors (Lipinski definition) is 1. The maximum absolute atomic E-state index is 13.1. The molecule has 2 aromatic rings. The predicted octanol–water partition coefficient (Wildman–Crippen LogP) is 2.02. The van der Waals surface area contributed by atoms with Crippen LogP contribution in [0.5, 0.6) is 5.75 Å². The fraction of sp³-hybridized carbons (Fsp3) is 0.520. The number of rotatable bonds is 3. The van der Waals surface area contributed by atoms with Crippen LogP contribution in [0.4, 0.5) is 0 Å². The highest BCUT2D eigenvalue weighted by molar-refractivity contribution is 5.95. The van der Waals surface area contributed by atoms with Crippen LogP contribution in [0, 0.1) is 5.92 Å². The Morgan fingerprint density at radius 2 is 2.00 bits per heavy atom. The lowest BCUT2D eigenvalue weighted by atomic mass is 10.0. The zero-order valence-corrected chi connectivity index (χ0v) is 18.8. The first-order valence-corrected chi connectivity index (χ1v) is 12.0. The van der Waals surface area contributed by atoms with E-state index in [2.05, 4.69) is 4.98 Å². The molecule has 172 valence electrons. The molecule has 3 aliphatic heterocycles. The van der Waals surface area contributed by atoms with Crippen LogP contribution in [-0.4, -0.2) is 57.3 Å². The molecule has 0 bridgehead atoms. The van der Waals surface area contributed by atoms with Gasteiger partial charge in [0.05, 0.1) is 12.2 Å². The van der Waals surface area contributed by atoms with E-state index in [0.29, 0.717) is 55.2 Å². The Labute approximate surface area is 191 Å². The SMILES string of the molecule is C[C@H]1Cc2cc(C(=O)N3CC[C@@H](c4nc5c(c(=O)[nH]4)CCN(C(=O)C4CC4)C5)C3)ccc2O1. The highest BCUT2D eigenvalue weighted by Gasteiger charge is 2.36. The summed E-state index contributed by atoms with van der Waals surface area (Å²) in [6.07, 6.45) is 4.20. The Morgan fingerprint density at radius 3 is 2.82 bits per heavy atom. The van der Waals surface area contributed by atoms with Gasteiger partial charge in [0.1, 0.15) is 17.7 Å². The number of amides is 2. The number of hydrogen-bond acceptors (Lipinski definition) is 5. The molecule has 6 rings (SSSR count). The molecule has 0 radical (unpaired) electrons. The fourth-order valence-electron chi connectivity index (χ4n) is 5.33. The number of aromatic amines is 1. The van der Waals surface area contributed by atoms with Crippen LogP contribution < -0.4 is 10.3 Å². The number of H-pyrrole nitrogens is 1. The third-order valence-corrected chi connectivity index (χ3v) is 7.34. The van der Waals surface area contributed by atoms with Gasteiger partial charge in [-0.3, -0.25) is 14.4 Å². The van der Waals surface area contributed by atoms with Gasteiger partial charge in [-0.2, -0.15) is 0 Å². The Kier molecular flexibility index (Phi) is 4.78. The highest BCUT2D eigenvalue weighted by Crippen LogP contribution is 2.33. The first-order chi connectivity index (χ1) is 16.0. The van der Waals surface area contributed by atoms with E-state index in [4.69, 9.17) is 9.72 Å². The second-order valence-electron chi connectivity index (χ2n) is 9.85. The molecule has 2 atom stereocenters. The minimum absolute atomic E-state index is 0.00126. The molecule has 4 aliphatic rings. The van der Waals surface area contributed by atoms with E-state index in [0.717, 1.165) is 37.0 Å². The number of likely N-dealkylation sites (tertiary alicyclic amines) is 1. The first-order valence-electron chi connectivity index (χ1n) is 12.0. The molecule has 0 spiro atoms. The quantitative estimate of drug-likeness (QED) is 0.775. The normalized spacial score (nSPS) is 23.8. The minimum Gasteiger partial charge on any atom is -0.490 e. The predicted molar refractivity (Wildman–Crippen MR) is 120 cm³/mol. The lowest BCUT2D eigenvalue weighted by molar-refractivity contribution is -0.133. The van der Waals surface area contributed by atoms with Gasteiger partial charge in [0, 0.05) is 49.0 Å². The molecule has 1 saturated carbocycles. The second-order valence-corrected chi connectivity index (χ2v) is 9.85. The van der Waals surface area contributed by atoms with Crippen molar-refractivity contribution in [2.24, 2.45) is 5.92 Å². The van der Waals surface area contributed by atoms with Gasteiger partial charge in [0.25, 0.3) is 11.5 Å². The third kappa shape index (κ3) is 3.71. The summed E-state index contributed by atoms with van der Waals surface area (Å²) in [7, 11) is 0. The number of fused-ring (bicyclic) bond motifs is 2. The Morgan fingerprint density at radius 1 is 1.15 bits per heavy atom. The van der Waals surface area contributed by atoms with Gasteiger partial charge < -0.3 is 19.5 Å². The summed E-state index contributed by atoms with van der Waals surface area (Å²) in [5.41, 5.74) is 3.06. The van der Waals surface area contributed by atoms with Crippen molar-refractivity contribution in [1.29, 1.82) is 0 Å². The molecule has 1 N–H and O–H groups in total. The Balaban J connectivity index is 1.18. The monoisotopic (exact) mass is 448 g/mol. The average Bonchev–Trinajstić information content (AvgIpc) is 3.41. The lowest BCUT2D eigenvalue weighted by Crippen LogP contribution is -2.40. The van der Waals surface area contributed by atoms with Crippen LogP contribution in [0.2, 0.25) is 0 Å². The molecule has 0 unspecified atom stereocenters. The third-order valence-electron chi connectivity index (χ3n) is 7.34. The molecular formula is C25H28N4O4. The maximum atomic E-state index is 13.1. The van der Waals surface area contributed by atoms with E-state index in [-0.39, 0.29) is 35.3 Å². The number of ether oxygens (including phenoxy) is 1. The topological polar surface area (TPSA) is 95.6 Å². The smallest absolute Gasteiger partial charge is 0.254 e. The van der Waals surface area contributed by atoms with Crippen molar-refractivity contribution in [1.82, 2.24) is 19.8 Å². The number of carbonyl (C=O) groups excluding carboxylic acids is 2. The van der Waals surface area contributed by atoms with Crippen LogP contribution in [0.1, 0.15) is 65.1 Å². The van der Waals surface area contributed by atoms with Gasteiger partial charge >= 0.3 is 0 Å². The van der Waals surface area contributed by atoms with Gasteiger partial charge in [0.15, 0.2) is 0 Å². The summed E-state index contributed by atoms with van der Waals surface area (Å²) in [6, 6.07) is 5.66. The molecule has 4 heterocycles. The molecule has 1 aliphatic carbocycles. The summed E-state index contributed by atoms with van der Waals surface area (Å²) in [6.45, 7) is 4.17. The van der Waals surface area contributed by atoms with E-state index < -0.39 is 0 Å². The minimum atomic E-state index is -0.106. The van der Waals surface area contributed by atoms with Crippen molar-refractivity contribution in [3.8, 4) is 5.75 Å². The molecule has 8 heteroatoms. The standard InChI is InChI=1S/C25H28N4O4/c1-14-10-18-11-16(4-5-21(18)33-14)25(32)28-8-6-17(12-28)22-26-20-13-29(24(31)15-2-3-15)9-7-19(20)23(30)27-22/h4-5,11,14-15,17H,2-3,6-10,12-13H2,1H3,(H,26,27,30)/t14-,17+/m0/s1. The van der Waals surface area contributed by atoms with Gasteiger partial charge in [-0.15, -0.1) is 0 Å². The lowest BCUT2D eigenvalue weighted by Gasteiger charge is -2.28. The number of aromatic nitrogens is 2. The van der Waals surface area contributed by atoms with E-state index >= 15 is 0 Å². The summed E-state index contributed by atoms with van der Waals surface area (Å²) in [5, 5.41) is 0. The van der Waals surface area contributed by atoms with Crippen LogP contribution >= 0.6 is 0 Å². The first kappa shape index (κ1) is 20.4. The zero-order valence-electron chi connectivity index (χ0n) is 18.8. The van der Waals surface area contributed by atoms with Crippen molar-refractivity contribution in [3.05, 3.63) is 56.8 Å². The van der Waals surface area contributed by atoms with Crippen molar-refractivity contribution in [2.45, 2.75) is 57.6 Å². The number of nitrogens with zero attached hydrogens (tertiary/aromatic N) is 3. The molecule has 1 saturated heterocycles. The second kappa shape index (κ2) is 7.71. The van der Waals surface area contributed by atoms with Crippen LogP contribution in [0.25, 0.3) is 0 Å². The zero-order chi connectivity index (χ0) is 22.7. The summed E-state index contributed by atoms with van der Waals surface area (Å²) >= 11 is 0. The molecule has 8 nitrogen and oxygen atoms in total. The van der Waals surface area contributed by atoms with Crippen molar-refractivity contribution in [2.75, 3.05) is 19.6 Å². The summed E-state index contributed by atoms with van der Waals surface area (Å²) in [5.74, 6) is 1.84. The van der Waals surface area contributed by atoms with E-state index in [1.807, 2.05) is 34.9 Å². The van der Waals surface area contributed by atoms with Gasteiger partial charge in [-0.05, 0) is 56.4 Å². The maximum Gasteiger partial charge on any atom is 0.254 e. The van der Waals surface area contributed by atoms with Gasteiger partial charge in [-0.25, -0.2) is 4.98 Å². The van der Waals surface area contributed by atoms with E-state index in [9.17, 15) is 14.4 Å². The summed E-state index contributed by atoms with van der Waals surface area (Å²) < 4.78 is 5.75. The van der Waals surface area contributed by atoms with Crippen LogP contribution in [0.3, 0.4) is 0 Å². The average molecular weight is 449 g/mol. The summed E-state index contributed by atoms with van der Waals surface area (Å²) in [4.78, 5) is 49.8. The molecule has 2 amide bonds. The molecule has 2 fully saturated rings. The van der Waals surface area contributed by atoms with Gasteiger partial charge in [-0.1, -0.05) is 0 Å². The Hall–Kier alpha value is -3.16. The largest absolute Gasteiger partial charge is 0.490 e. The van der Waals surface area contributed by atoms with E-state index in [1.165, 1.54) is 0 Å². The van der Waals surface area contributed by atoms with Crippen LogP contribution in [0.15, 0.2) is 23.0 Å². The molecular weight excluding hydrogens is 420 g/mol. The van der Waals surface area contributed by atoms with Crippen molar-refractivity contribution in [3.63, 3.8) is 0 Å². The number of nitrogens with one attached hydrogen (secondary N) is 1. The van der Waals surface area contributed by atoms with Gasteiger partial charge in [0.2, 0.25) is 5.91 Å². The van der Waals surface area contributed by atoms with E-state index in [1.54, 1.807) is 0 Å². The fourth-order valence-corrected chi connectivity index (χ4v) is 5.33.